The van der Waals surface area contributed by atoms with Crippen LogP contribution in [-0.2, 0) is 54.4 Å². The van der Waals surface area contributed by atoms with E-state index in [4.69, 9.17) is 4.74 Å². The molecule has 3 aliphatic rings. The summed E-state index contributed by atoms with van der Waals surface area (Å²) in [6, 6.07) is 27.5. The Morgan fingerprint density at radius 2 is 1.52 bits per heavy atom. The molecule has 0 atom stereocenters. The van der Waals surface area contributed by atoms with E-state index in [1.54, 1.807) is 0 Å². The van der Waals surface area contributed by atoms with Crippen molar-refractivity contribution in [1.29, 1.82) is 0 Å². The van der Waals surface area contributed by atoms with Crippen molar-refractivity contribution in [3.05, 3.63) is 136 Å². The first-order chi connectivity index (χ1) is 21.2. The predicted molar refractivity (Wildman–Crippen MR) is 185 cm³/mol. The second-order valence-corrected chi connectivity index (χ2v) is 12.6. The number of allylic oxidation sites excluding steroid dienone is 7. The molecule has 0 aromatic heterocycles. The Kier molecular flexibility index (Phi) is 12.9. The molecule has 3 aromatic carbocycles. The van der Waals surface area contributed by atoms with Gasteiger partial charge < -0.3 is 10.1 Å². The molecule has 0 saturated heterocycles. The first-order valence-electron chi connectivity index (χ1n) is 16.2. The zero-order chi connectivity index (χ0) is 31.5. The molecule has 2 aliphatic heterocycles. The average Bonchev–Trinajstić information content (AvgIpc) is 3.41. The van der Waals surface area contributed by atoms with Crippen molar-refractivity contribution in [2.45, 2.75) is 85.0 Å². The minimum Gasteiger partial charge on any atom is -0.457 e. The molecular weight excluding hydrogens is 638 g/mol. The van der Waals surface area contributed by atoms with Crippen molar-refractivity contribution in [1.82, 2.24) is 0 Å². The van der Waals surface area contributed by atoms with Crippen molar-refractivity contribution in [2.24, 2.45) is 0 Å². The van der Waals surface area contributed by atoms with Crippen LogP contribution < -0.4 is 10.1 Å². The third kappa shape index (κ3) is 7.29. The minimum absolute atomic E-state index is 0. The van der Waals surface area contributed by atoms with Gasteiger partial charge in [-0.15, -0.1) is 17.7 Å². The number of hydrogen-bond acceptors (Lipinski definition) is 2. The zero-order valence-electron chi connectivity index (χ0n) is 28.7. The van der Waals surface area contributed by atoms with Gasteiger partial charge in [-0.25, -0.2) is 4.58 Å². The number of aryl methyl sites for hydroxylation is 1. The molecule has 1 N–H and O–H groups in total. The molecule has 2 heterocycles. The number of ether oxygens (including phenoxy) is 1. The normalized spacial score (nSPS) is 19.1. The van der Waals surface area contributed by atoms with Crippen LogP contribution in [0.2, 0.25) is 0 Å². The summed E-state index contributed by atoms with van der Waals surface area (Å²) in [4.78, 5) is 0. The molecular formula is C41H47N2OV2-. The minimum atomic E-state index is -0.107. The summed E-state index contributed by atoms with van der Waals surface area (Å²) in [5.41, 5.74) is 11.1. The van der Waals surface area contributed by atoms with Gasteiger partial charge in [0.05, 0.1) is 0 Å². The molecule has 3 aromatic rings. The maximum atomic E-state index is 6.74. The maximum Gasteiger partial charge on any atom is 0.178 e. The first-order valence-corrected chi connectivity index (χ1v) is 16.2. The molecule has 2 radical (unpaired) electrons. The van der Waals surface area contributed by atoms with Crippen molar-refractivity contribution in [3.63, 3.8) is 0 Å². The van der Waals surface area contributed by atoms with Gasteiger partial charge in [0.1, 0.15) is 24.2 Å². The van der Waals surface area contributed by atoms with E-state index in [2.05, 4.69) is 137 Å². The van der Waals surface area contributed by atoms with Crippen molar-refractivity contribution in [3.8, 4) is 5.75 Å². The van der Waals surface area contributed by atoms with E-state index in [0.717, 1.165) is 42.9 Å². The van der Waals surface area contributed by atoms with Gasteiger partial charge in [0.2, 0.25) is 0 Å². The summed E-state index contributed by atoms with van der Waals surface area (Å²) in [5, 5.41) is 3.65. The molecule has 46 heavy (non-hydrogen) atoms. The van der Waals surface area contributed by atoms with Gasteiger partial charge in [-0.2, -0.15) is 36.4 Å². The van der Waals surface area contributed by atoms with E-state index >= 15 is 0 Å². The summed E-state index contributed by atoms with van der Waals surface area (Å²) >= 11 is 0. The molecule has 0 amide bonds. The quantitative estimate of drug-likeness (QED) is 0.206. The number of hydrogen-bond donors (Lipinski definition) is 1. The van der Waals surface area contributed by atoms with Gasteiger partial charge in [-0.3, -0.25) is 0 Å². The van der Waals surface area contributed by atoms with Crippen LogP contribution in [0.1, 0.15) is 84.4 Å². The van der Waals surface area contributed by atoms with Crippen LogP contribution in [0.3, 0.4) is 0 Å². The maximum absolute atomic E-state index is 6.74. The largest absolute Gasteiger partial charge is 0.457 e. The summed E-state index contributed by atoms with van der Waals surface area (Å²) in [7, 11) is 2.17. The molecule has 5 heteroatoms. The fourth-order valence-electron chi connectivity index (χ4n) is 6.60. The SMILES string of the molecule is CC.CCc1ccc(OC2=C(/C=C/C3=[N+](C)c4cc[c-]cc4C3(C)C)CCC/C2=C\C=C2\Nc3cc[c-]cc3C2(C)C)cc1.[V].[V]. The number of rotatable bonds is 6. The average molecular weight is 686 g/mol. The number of anilines is 1. The van der Waals surface area contributed by atoms with Crippen molar-refractivity contribution in [2.75, 3.05) is 12.4 Å². The fraction of sp³-hybridized carbons (Fsp3) is 0.341. The van der Waals surface area contributed by atoms with Gasteiger partial charge in [-0.05, 0) is 72.1 Å². The summed E-state index contributed by atoms with van der Waals surface area (Å²) in [6.45, 7) is 15.3. The molecule has 6 rings (SSSR count). The number of nitrogens with zero attached hydrogens (tertiary/aromatic N) is 1. The number of benzene rings is 3. The Morgan fingerprint density at radius 1 is 0.848 bits per heavy atom. The topological polar surface area (TPSA) is 24.3 Å². The fourth-order valence-corrected chi connectivity index (χ4v) is 6.60. The second kappa shape index (κ2) is 15.8. The van der Waals surface area contributed by atoms with E-state index in [-0.39, 0.29) is 47.9 Å². The Bertz CT molecular complexity index is 1690. The molecule has 0 fully saturated rings. The molecule has 0 bridgehead atoms. The standard InChI is InChI=1S/C39H40N2O.C2H6.2V/c1-7-27-19-23-30(24-20-27)42-37-28(21-25-35-38(2,3)31-15-8-10-17-33(31)40-35)13-12-14-29(37)22-26-36-39(4,5)32-16-9-11-18-34(32)41(36)6;1-2;;/h10-11,15-26H,7,12-14H2,1-6H3;1-2H3;;/q-2;;;/p+1. The third-order valence-electron chi connectivity index (χ3n) is 9.28. The van der Waals surface area contributed by atoms with Crippen LogP contribution in [-0.4, -0.2) is 17.3 Å². The van der Waals surface area contributed by atoms with E-state index in [1.807, 2.05) is 26.0 Å². The Hall–Kier alpha value is -2.94. The van der Waals surface area contributed by atoms with E-state index in [9.17, 15) is 0 Å². The Labute approximate surface area is 301 Å². The van der Waals surface area contributed by atoms with E-state index < -0.39 is 0 Å². The Balaban J connectivity index is 0.00000141. The van der Waals surface area contributed by atoms with Crippen LogP contribution in [0.25, 0.3) is 0 Å². The summed E-state index contributed by atoms with van der Waals surface area (Å²) in [5.74, 6) is 1.86. The third-order valence-corrected chi connectivity index (χ3v) is 9.28. The van der Waals surface area contributed by atoms with Gasteiger partial charge in [-0.1, -0.05) is 77.9 Å². The molecule has 3 nitrogen and oxygen atoms in total. The summed E-state index contributed by atoms with van der Waals surface area (Å²) < 4.78 is 9.06. The van der Waals surface area contributed by atoms with Gasteiger partial charge in [0.15, 0.2) is 5.71 Å². The van der Waals surface area contributed by atoms with Crippen LogP contribution in [0.15, 0.2) is 108 Å². The van der Waals surface area contributed by atoms with Gasteiger partial charge in [0.25, 0.3) is 0 Å². The molecule has 0 unspecified atom stereocenters. The predicted octanol–water partition coefficient (Wildman–Crippen LogP) is 10.2. The number of nitrogens with one attached hydrogen (secondary N) is 1. The smallest absolute Gasteiger partial charge is 0.178 e. The zero-order valence-corrected chi connectivity index (χ0v) is 31.5. The molecule has 0 spiro atoms. The van der Waals surface area contributed by atoms with Crippen LogP contribution in [0, 0.1) is 12.1 Å². The van der Waals surface area contributed by atoms with E-state index in [0.29, 0.717) is 0 Å². The monoisotopic (exact) mass is 685 g/mol. The van der Waals surface area contributed by atoms with Crippen LogP contribution >= 0.6 is 0 Å². The number of fused-ring (bicyclic) bond motifs is 2. The van der Waals surface area contributed by atoms with Gasteiger partial charge in [0, 0.05) is 54.3 Å². The van der Waals surface area contributed by atoms with E-state index in [1.165, 1.54) is 44.9 Å². The van der Waals surface area contributed by atoms with Crippen LogP contribution in [0.4, 0.5) is 11.4 Å². The summed E-state index contributed by atoms with van der Waals surface area (Å²) in [6.07, 6.45) is 13.2. The van der Waals surface area contributed by atoms with Crippen molar-refractivity contribution < 1.29 is 46.4 Å². The molecule has 238 valence electrons. The molecule has 0 saturated carbocycles. The molecule has 1 aliphatic carbocycles. The Morgan fingerprint density at radius 3 is 2.17 bits per heavy atom. The van der Waals surface area contributed by atoms with Crippen LogP contribution in [0.5, 0.6) is 5.75 Å². The van der Waals surface area contributed by atoms with Crippen molar-refractivity contribution >= 4 is 17.1 Å². The second-order valence-electron chi connectivity index (χ2n) is 12.6. The first kappa shape index (κ1) is 37.5. The van der Waals surface area contributed by atoms with Gasteiger partial charge >= 0.3 is 0 Å².